The Bertz CT molecular complexity index is 1070. The molecule has 4 rings (SSSR count). The lowest BCUT2D eigenvalue weighted by molar-refractivity contribution is -0.138. The number of piperazine rings is 1. The summed E-state index contributed by atoms with van der Waals surface area (Å²) in [7, 11) is 1.61. The molecule has 1 saturated heterocycles. The molecule has 1 fully saturated rings. The Kier molecular flexibility index (Phi) is 6.81. The Labute approximate surface area is 194 Å². The van der Waals surface area contributed by atoms with E-state index in [-0.39, 0.29) is 25.0 Å². The molecule has 0 bridgehead atoms. The molecule has 2 amide bonds. The van der Waals surface area contributed by atoms with Gasteiger partial charge in [0.1, 0.15) is 11.4 Å². The summed E-state index contributed by atoms with van der Waals surface area (Å²) in [5.41, 5.74) is 4.84. The number of aliphatic hydroxyl groups is 1. The van der Waals surface area contributed by atoms with Crippen molar-refractivity contribution in [1.82, 2.24) is 14.7 Å². The van der Waals surface area contributed by atoms with Gasteiger partial charge >= 0.3 is 0 Å². The number of amides is 2. The molecular formula is C26H31N3O4. The summed E-state index contributed by atoms with van der Waals surface area (Å²) >= 11 is 0. The quantitative estimate of drug-likeness (QED) is 0.654. The highest BCUT2D eigenvalue weighted by molar-refractivity contribution is 6.35. The van der Waals surface area contributed by atoms with Crippen LogP contribution in [0.4, 0.5) is 0 Å². The number of carbonyl (C=O) groups is 2. The van der Waals surface area contributed by atoms with Gasteiger partial charge in [0, 0.05) is 32.7 Å². The van der Waals surface area contributed by atoms with Crippen molar-refractivity contribution in [3.63, 3.8) is 0 Å². The van der Waals surface area contributed by atoms with Gasteiger partial charge in [0.25, 0.3) is 11.8 Å². The molecule has 1 N–H and O–H groups in total. The number of imide groups is 1. The molecule has 174 valence electrons. The number of benzene rings is 2. The summed E-state index contributed by atoms with van der Waals surface area (Å²) in [4.78, 5) is 32.8. The minimum absolute atomic E-state index is 0.115. The lowest BCUT2D eigenvalue weighted by Crippen LogP contribution is -2.48. The molecule has 2 aliphatic rings. The smallest absolute Gasteiger partial charge is 0.278 e. The summed E-state index contributed by atoms with van der Waals surface area (Å²) in [5.74, 6) is 0.222. The van der Waals surface area contributed by atoms with Crippen molar-refractivity contribution in [2.24, 2.45) is 0 Å². The monoisotopic (exact) mass is 449 g/mol. The molecule has 7 nitrogen and oxygen atoms in total. The van der Waals surface area contributed by atoms with E-state index in [4.69, 9.17) is 4.74 Å². The second kappa shape index (κ2) is 9.77. The van der Waals surface area contributed by atoms with Crippen LogP contribution < -0.4 is 4.74 Å². The van der Waals surface area contributed by atoms with Gasteiger partial charge in [-0.05, 0) is 48.2 Å². The summed E-state index contributed by atoms with van der Waals surface area (Å²) in [6, 6.07) is 13.3. The highest BCUT2D eigenvalue weighted by Gasteiger charge is 2.42. The zero-order valence-electron chi connectivity index (χ0n) is 19.5. The SMILES string of the molecule is COc1ccc(CN2C(=O)C(c3ccc(C)c(C)c3)=C(N3CCN(CCO)CC3)C2=O)cc1. The fourth-order valence-electron chi connectivity index (χ4n) is 4.41. The van der Waals surface area contributed by atoms with Crippen LogP contribution in [0.3, 0.4) is 0 Å². The second-order valence-electron chi connectivity index (χ2n) is 8.62. The molecule has 0 saturated carbocycles. The number of carbonyl (C=O) groups excluding carboxylic acids is 2. The fourth-order valence-corrected chi connectivity index (χ4v) is 4.41. The average molecular weight is 450 g/mol. The number of ether oxygens (including phenoxy) is 1. The van der Waals surface area contributed by atoms with Crippen LogP contribution in [0.5, 0.6) is 5.75 Å². The number of rotatable bonds is 7. The molecule has 0 atom stereocenters. The Balaban J connectivity index is 1.67. The van der Waals surface area contributed by atoms with Gasteiger partial charge in [0.05, 0.1) is 25.8 Å². The van der Waals surface area contributed by atoms with Crippen molar-refractivity contribution in [2.45, 2.75) is 20.4 Å². The predicted molar refractivity (Wildman–Crippen MR) is 126 cm³/mol. The highest BCUT2D eigenvalue weighted by Crippen LogP contribution is 2.34. The van der Waals surface area contributed by atoms with Crippen LogP contribution in [0.25, 0.3) is 5.57 Å². The number of hydrogen-bond donors (Lipinski definition) is 1. The topological polar surface area (TPSA) is 73.3 Å². The maximum Gasteiger partial charge on any atom is 0.278 e. The molecule has 2 heterocycles. The molecule has 7 heteroatoms. The van der Waals surface area contributed by atoms with Gasteiger partial charge in [-0.2, -0.15) is 0 Å². The van der Waals surface area contributed by atoms with Crippen LogP contribution in [-0.4, -0.2) is 78.1 Å². The molecule has 0 spiro atoms. The maximum atomic E-state index is 13.6. The molecule has 2 aromatic rings. The number of hydrogen-bond acceptors (Lipinski definition) is 6. The van der Waals surface area contributed by atoms with Crippen molar-refractivity contribution < 1.29 is 19.4 Å². The van der Waals surface area contributed by atoms with Crippen molar-refractivity contribution >= 4 is 17.4 Å². The molecular weight excluding hydrogens is 418 g/mol. The first-order valence-electron chi connectivity index (χ1n) is 11.3. The van der Waals surface area contributed by atoms with Crippen LogP contribution in [0, 0.1) is 13.8 Å². The number of β-amino-alcohol motifs (C(OH)–C–C–N with tert-alkyl or cyclic N) is 1. The minimum Gasteiger partial charge on any atom is -0.497 e. The third-order valence-electron chi connectivity index (χ3n) is 6.54. The van der Waals surface area contributed by atoms with E-state index in [1.165, 1.54) is 4.90 Å². The van der Waals surface area contributed by atoms with Crippen LogP contribution in [0.2, 0.25) is 0 Å². The van der Waals surface area contributed by atoms with Crippen molar-refractivity contribution in [2.75, 3.05) is 46.4 Å². The zero-order chi connectivity index (χ0) is 23.5. The third-order valence-corrected chi connectivity index (χ3v) is 6.54. The van der Waals surface area contributed by atoms with Gasteiger partial charge in [-0.3, -0.25) is 19.4 Å². The normalized spacial score (nSPS) is 17.3. The van der Waals surface area contributed by atoms with Crippen molar-refractivity contribution in [3.8, 4) is 5.75 Å². The minimum atomic E-state index is -0.258. The molecule has 2 aliphatic heterocycles. The summed E-state index contributed by atoms with van der Waals surface area (Å²) in [6.45, 7) is 7.75. The van der Waals surface area contributed by atoms with E-state index in [9.17, 15) is 14.7 Å². The molecule has 0 radical (unpaired) electrons. The summed E-state index contributed by atoms with van der Waals surface area (Å²) in [6.07, 6.45) is 0. The largest absolute Gasteiger partial charge is 0.497 e. The van der Waals surface area contributed by atoms with Gasteiger partial charge in [0.15, 0.2) is 0 Å². The fraction of sp³-hybridized carbons (Fsp3) is 0.385. The van der Waals surface area contributed by atoms with Crippen LogP contribution in [0.1, 0.15) is 22.3 Å². The Morgan fingerprint density at radius 3 is 2.21 bits per heavy atom. The third kappa shape index (κ3) is 4.65. The number of aliphatic hydroxyl groups excluding tert-OH is 1. The highest BCUT2D eigenvalue weighted by atomic mass is 16.5. The maximum absolute atomic E-state index is 13.6. The Morgan fingerprint density at radius 2 is 1.61 bits per heavy atom. The lowest BCUT2D eigenvalue weighted by Gasteiger charge is -2.36. The van der Waals surface area contributed by atoms with Gasteiger partial charge in [0.2, 0.25) is 0 Å². The first-order chi connectivity index (χ1) is 15.9. The Hall–Kier alpha value is -3.16. The van der Waals surface area contributed by atoms with E-state index in [0.29, 0.717) is 30.9 Å². The van der Waals surface area contributed by atoms with Crippen LogP contribution in [0.15, 0.2) is 48.2 Å². The molecule has 0 aliphatic carbocycles. The van der Waals surface area contributed by atoms with Gasteiger partial charge in [-0.15, -0.1) is 0 Å². The molecule has 33 heavy (non-hydrogen) atoms. The molecule has 2 aromatic carbocycles. The van der Waals surface area contributed by atoms with E-state index in [2.05, 4.69) is 4.90 Å². The summed E-state index contributed by atoms with van der Waals surface area (Å²) in [5, 5.41) is 9.24. The van der Waals surface area contributed by atoms with Gasteiger partial charge in [-0.25, -0.2) is 0 Å². The van der Waals surface area contributed by atoms with Crippen LogP contribution >= 0.6 is 0 Å². The zero-order valence-corrected chi connectivity index (χ0v) is 19.5. The van der Waals surface area contributed by atoms with E-state index in [1.807, 2.05) is 61.2 Å². The number of methoxy groups -OCH3 is 1. The van der Waals surface area contributed by atoms with E-state index >= 15 is 0 Å². The standard InChI is InChI=1S/C26H31N3O4/c1-18-4-7-21(16-19(18)2)23-24(28-12-10-27(11-13-28)14-15-30)26(32)29(25(23)31)17-20-5-8-22(33-3)9-6-20/h4-9,16,30H,10-15,17H2,1-3H3. The number of aryl methyl sites for hydroxylation is 2. The van der Waals surface area contributed by atoms with E-state index < -0.39 is 0 Å². The molecule has 0 unspecified atom stereocenters. The van der Waals surface area contributed by atoms with Crippen molar-refractivity contribution in [3.05, 3.63) is 70.4 Å². The first-order valence-corrected chi connectivity index (χ1v) is 11.3. The van der Waals surface area contributed by atoms with E-state index in [0.717, 1.165) is 41.1 Å². The van der Waals surface area contributed by atoms with Gasteiger partial charge in [-0.1, -0.05) is 30.3 Å². The average Bonchev–Trinajstić information content (AvgIpc) is 3.07. The molecule has 0 aromatic heterocycles. The van der Waals surface area contributed by atoms with Crippen molar-refractivity contribution in [1.29, 1.82) is 0 Å². The number of nitrogens with zero attached hydrogens (tertiary/aromatic N) is 3. The first kappa shape index (κ1) is 23.0. The summed E-state index contributed by atoms with van der Waals surface area (Å²) < 4.78 is 5.22. The second-order valence-corrected chi connectivity index (χ2v) is 8.62. The van der Waals surface area contributed by atoms with Gasteiger partial charge < -0.3 is 14.7 Å². The Morgan fingerprint density at radius 1 is 0.909 bits per heavy atom. The van der Waals surface area contributed by atoms with E-state index in [1.54, 1.807) is 7.11 Å². The lowest BCUT2D eigenvalue weighted by atomic mass is 9.99. The van der Waals surface area contributed by atoms with Crippen LogP contribution in [-0.2, 0) is 16.1 Å². The predicted octanol–water partition coefficient (Wildman–Crippen LogP) is 2.20.